The second kappa shape index (κ2) is 12.8. The molecule has 1 aromatic heterocycles. The van der Waals surface area contributed by atoms with Crippen LogP contribution in [0.5, 0.6) is 0 Å². The molecule has 2 aromatic rings. The average molecular weight is 480 g/mol. The molecular formula is C21H29N5O6S. The minimum absolute atomic E-state index is 0.254. The molecule has 0 aliphatic carbocycles. The van der Waals surface area contributed by atoms with Gasteiger partial charge in [-0.25, -0.2) is 0 Å². The number of aromatic nitrogens is 1. The van der Waals surface area contributed by atoms with Gasteiger partial charge in [0.15, 0.2) is 0 Å². The standard InChI is InChI=1S/C21H29N5O6S/c1-33-7-6-16(21(32)26-17(11-27)20(31)24-10-18(28)29)25-19(30)14(22)8-12-9-23-15-5-3-2-4-13(12)15/h2-5,9,14,16-17,23,27H,6-8,10-11,22H2,1H3,(H,24,31)(H,25,30)(H,26,32)(H,28,29). The lowest BCUT2D eigenvalue weighted by atomic mass is 10.0. The summed E-state index contributed by atoms with van der Waals surface area (Å²) < 4.78 is 0. The van der Waals surface area contributed by atoms with Crippen LogP contribution in [0.25, 0.3) is 10.9 Å². The molecule has 0 saturated carbocycles. The van der Waals surface area contributed by atoms with Crippen LogP contribution in [-0.4, -0.2) is 82.2 Å². The van der Waals surface area contributed by atoms with Crippen molar-refractivity contribution in [3.8, 4) is 0 Å². The number of carboxylic acids is 1. The van der Waals surface area contributed by atoms with E-state index in [0.29, 0.717) is 5.75 Å². The number of carbonyl (C=O) groups excluding carboxylic acids is 3. The highest BCUT2D eigenvalue weighted by molar-refractivity contribution is 7.98. The van der Waals surface area contributed by atoms with Crippen molar-refractivity contribution in [3.63, 3.8) is 0 Å². The van der Waals surface area contributed by atoms with Crippen LogP contribution in [0.2, 0.25) is 0 Å². The highest BCUT2D eigenvalue weighted by Gasteiger charge is 2.28. The Morgan fingerprint density at radius 3 is 2.45 bits per heavy atom. The highest BCUT2D eigenvalue weighted by atomic mass is 32.2. The number of aromatic amines is 1. The van der Waals surface area contributed by atoms with E-state index in [2.05, 4.69) is 20.9 Å². The third kappa shape index (κ3) is 7.77. The molecule has 33 heavy (non-hydrogen) atoms. The molecule has 2 rings (SSSR count). The number of nitrogens with one attached hydrogen (secondary N) is 4. The number of para-hydroxylation sites is 1. The molecule has 0 fully saturated rings. The van der Waals surface area contributed by atoms with E-state index < -0.39 is 55.0 Å². The Morgan fingerprint density at radius 1 is 1.09 bits per heavy atom. The monoisotopic (exact) mass is 479 g/mol. The Labute approximate surface area is 194 Å². The van der Waals surface area contributed by atoms with Gasteiger partial charge in [0.05, 0.1) is 12.6 Å². The number of fused-ring (bicyclic) bond motifs is 1. The number of nitrogens with two attached hydrogens (primary N) is 1. The van der Waals surface area contributed by atoms with E-state index in [1.807, 2.05) is 30.5 Å². The van der Waals surface area contributed by atoms with E-state index in [-0.39, 0.29) is 12.8 Å². The SMILES string of the molecule is CSCCC(NC(=O)C(N)Cc1c[nH]c2ccccc12)C(=O)NC(CO)C(=O)NCC(=O)O. The molecule has 0 radical (unpaired) electrons. The summed E-state index contributed by atoms with van der Waals surface area (Å²) in [7, 11) is 0. The van der Waals surface area contributed by atoms with E-state index in [1.54, 1.807) is 6.20 Å². The first-order chi connectivity index (χ1) is 15.8. The van der Waals surface area contributed by atoms with Gasteiger partial charge in [-0.1, -0.05) is 18.2 Å². The lowest BCUT2D eigenvalue weighted by Crippen LogP contribution is -2.57. The molecule has 0 spiro atoms. The molecule has 1 heterocycles. The van der Waals surface area contributed by atoms with Crippen molar-refractivity contribution in [2.75, 3.05) is 25.2 Å². The lowest BCUT2D eigenvalue weighted by molar-refractivity contribution is -0.139. The van der Waals surface area contributed by atoms with Crippen molar-refractivity contribution in [2.45, 2.75) is 31.0 Å². The zero-order valence-electron chi connectivity index (χ0n) is 18.2. The van der Waals surface area contributed by atoms with Crippen molar-refractivity contribution in [2.24, 2.45) is 5.73 Å². The third-order valence-corrected chi connectivity index (χ3v) is 5.57. The van der Waals surface area contributed by atoms with Crippen molar-refractivity contribution in [3.05, 3.63) is 36.0 Å². The summed E-state index contributed by atoms with van der Waals surface area (Å²) >= 11 is 1.47. The van der Waals surface area contributed by atoms with E-state index in [9.17, 15) is 24.3 Å². The van der Waals surface area contributed by atoms with Gasteiger partial charge in [0.25, 0.3) is 0 Å². The van der Waals surface area contributed by atoms with Crippen LogP contribution < -0.4 is 21.7 Å². The van der Waals surface area contributed by atoms with Crippen LogP contribution >= 0.6 is 11.8 Å². The van der Waals surface area contributed by atoms with Crippen LogP contribution in [0.4, 0.5) is 0 Å². The Balaban J connectivity index is 2.02. The number of hydrogen-bond donors (Lipinski definition) is 7. The van der Waals surface area contributed by atoms with Crippen LogP contribution in [0.15, 0.2) is 30.5 Å². The predicted octanol–water partition coefficient (Wildman–Crippen LogP) is -1.05. The minimum atomic E-state index is -1.36. The third-order valence-electron chi connectivity index (χ3n) is 4.92. The molecule has 3 unspecified atom stereocenters. The molecule has 3 amide bonds. The van der Waals surface area contributed by atoms with Gasteiger partial charge in [-0.05, 0) is 36.5 Å². The van der Waals surface area contributed by atoms with Gasteiger partial charge >= 0.3 is 5.97 Å². The van der Waals surface area contributed by atoms with E-state index in [0.717, 1.165) is 16.5 Å². The molecule has 180 valence electrons. The highest BCUT2D eigenvalue weighted by Crippen LogP contribution is 2.18. The fourth-order valence-corrected chi connectivity index (χ4v) is 3.64. The van der Waals surface area contributed by atoms with E-state index >= 15 is 0 Å². The van der Waals surface area contributed by atoms with Crippen LogP contribution in [0.3, 0.4) is 0 Å². The number of H-pyrrole nitrogens is 1. The van der Waals surface area contributed by atoms with Gasteiger partial charge in [-0.3, -0.25) is 19.2 Å². The van der Waals surface area contributed by atoms with Gasteiger partial charge in [0.1, 0.15) is 18.6 Å². The second-order valence-corrected chi connectivity index (χ2v) is 8.35. The summed E-state index contributed by atoms with van der Waals surface area (Å²) in [5, 5.41) is 26.1. The molecule has 3 atom stereocenters. The largest absolute Gasteiger partial charge is 0.480 e. The smallest absolute Gasteiger partial charge is 0.322 e. The van der Waals surface area contributed by atoms with Crippen molar-refractivity contribution < 1.29 is 29.4 Å². The fraction of sp³-hybridized carbons (Fsp3) is 0.429. The number of carbonyl (C=O) groups is 4. The number of aliphatic hydroxyl groups is 1. The van der Waals surface area contributed by atoms with Gasteiger partial charge in [0, 0.05) is 17.1 Å². The maximum Gasteiger partial charge on any atom is 0.322 e. The molecule has 0 aliphatic rings. The Bertz CT molecular complexity index is 981. The Hall–Kier alpha value is -3.09. The molecule has 0 bridgehead atoms. The van der Waals surface area contributed by atoms with Crippen molar-refractivity contribution >= 4 is 46.4 Å². The normalized spacial score (nSPS) is 13.7. The molecule has 0 saturated heterocycles. The van der Waals surface area contributed by atoms with Gasteiger partial charge in [-0.15, -0.1) is 0 Å². The maximum absolute atomic E-state index is 12.7. The van der Waals surface area contributed by atoms with E-state index in [4.69, 9.17) is 10.8 Å². The predicted molar refractivity (Wildman–Crippen MR) is 125 cm³/mol. The zero-order valence-corrected chi connectivity index (χ0v) is 19.0. The molecule has 0 aliphatic heterocycles. The van der Waals surface area contributed by atoms with E-state index in [1.165, 1.54) is 11.8 Å². The summed E-state index contributed by atoms with van der Waals surface area (Å²) in [5.41, 5.74) is 7.89. The molecule has 1 aromatic carbocycles. The van der Waals surface area contributed by atoms with Gasteiger partial charge in [-0.2, -0.15) is 11.8 Å². The van der Waals surface area contributed by atoms with Gasteiger partial charge in [0.2, 0.25) is 17.7 Å². The zero-order chi connectivity index (χ0) is 24.4. The fourth-order valence-electron chi connectivity index (χ4n) is 3.17. The number of benzene rings is 1. The average Bonchev–Trinajstić information content (AvgIpc) is 3.20. The van der Waals surface area contributed by atoms with Crippen LogP contribution in [0, 0.1) is 0 Å². The molecule has 12 heteroatoms. The molecular weight excluding hydrogens is 450 g/mol. The maximum atomic E-state index is 12.7. The minimum Gasteiger partial charge on any atom is -0.480 e. The van der Waals surface area contributed by atoms with Crippen LogP contribution in [-0.2, 0) is 25.6 Å². The number of hydrogen-bond acceptors (Lipinski definition) is 7. The van der Waals surface area contributed by atoms with Crippen molar-refractivity contribution in [1.29, 1.82) is 0 Å². The summed E-state index contributed by atoms with van der Waals surface area (Å²) in [6.07, 6.45) is 4.16. The quantitative estimate of drug-likeness (QED) is 0.190. The van der Waals surface area contributed by atoms with Gasteiger partial charge < -0.3 is 36.9 Å². The summed E-state index contributed by atoms with van der Waals surface area (Å²) in [4.78, 5) is 51.2. The number of amides is 3. The topological polar surface area (TPSA) is 187 Å². The first-order valence-electron chi connectivity index (χ1n) is 10.3. The second-order valence-electron chi connectivity index (χ2n) is 7.37. The summed E-state index contributed by atoms with van der Waals surface area (Å²) in [6.45, 7) is -1.39. The first kappa shape index (κ1) is 26.2. The number of carboxylic acid groups (broad SMARTS) is 1. The summed E-state index contributed by atoms with van der Waals surface area (Å²) in [5.74, 6) is -2.77. The number of aliphatic carboxylic acids is 1. The number of thioether (sulfide) groups is 1. The number of aliphatic hydroxyl groups excluding tert-OH is 1. The number of rotatable bonds is 13. The molecule has 11 nitrogen and oxygen atoms in total. The first-order valence-corrected chi connectivity index (χ1v) is 11.7. The molecule has 8 N–H and O–H groups in total. The lowest BCUT2D eigenvalue weighted by Gasteiger charge is -2.23. The summed E-state index contributed by atoms with van der Waals surface area (Å²) in [6, 6.07) is 4.36. The van der Waals surface area contributed by atoms with Crippen molar-refractivity contribution in [1.82, 2.24) is 20.9 Å². The Morgan fingerprint density at radius 2 is 1.79 bits per heavy atom. The Kier molecular flexibility index (Phi) is 10.2. The van der Waals surface area contributed by atoms with Crippen LogP contribution in [0.1, 0.15) is 12.0 Å².